The van der Waals surface area contributed by atoms with E-state index in [1.54, 1.807) is 6.08 Å². The summed E-state index contributed by atoms with van der Waals surface area (Å²) in [5.41, 5.74) is 1.69. The van der Waals surface area contributed by atoms with Gasteiger partial charge in [-0.05, 0) is 53.7 Å². The van der Waals surface area contributed by atoms with Crippen LogP contribution >= 0.6 is 12.2 Å². The van der Waals surface area contributed by atoms with Crippen molar-refractivity contribution in [2.75, 3.05) is 11.9 Å². The Hall–Kier alpha value is -3.18. The van der Waals surface area contributed by atoms with Gasteiger partial charge in [-0.2, -0.15) is 0 Å². The third kappa shape index (κ3) is 4.92. The minimum atomic E-state index is -0.297. The zero-order valence-electron chi connectivity index (χ0n) is 14.9. The molecule has 0 aliphatic heterocycles. The number of thiocarbonyl (C=S) groups is 1. The maximum atomic E-state index is 12.2. The summed E-state index contributed by atoms with van der Waals surface area (Å²) < 4.78 is 5.54. The first-order valence-corrected chi connectivity index (χ1v) is 9.08. The molecular weight excluding hydrogens is 356 g/mol. The van der Waals surface area contributed by atoms with Crippen molar-refractivity contribution in [2.45, 2.75) is 6.92 Å². The molecule has 0 saturated carbocycles. The molecule has 27 heavy (non-hydrogen) atoms. The van der Waals surface area contributed by atoms with Crippen LogP contribution in [0, 0.1) is 0 Å². The number of rotatable bonds is 5. The Kier molecular flexibility index (Phi) is 6.18. The van der Waals surface area contributed by atoms with Crippen LogP contribution in [0.15, 0.2) is 72.8 Å². The fourth-order valence-corrected chi connectivity index (χ4v) is 2.93. The number of amides is 1. The van der Waals surface area contributed by atoms with Gasteiger partial charge in [-0.1, -0.05) is 54.6 Å². The Balaban J connectivity index is 1.65. The minimum Gasteiger partial charge on any atom is -0.492 e. The first kappa shape index (κ1) is 18.6. The van der Waals surface area contributed by atoms with E-state index in [0.717, 1.165) is 16.3 Å². The Bertz CT molecular complexity index is 993. The van der Waals surface area contributed by atoms with Gasteiger partial charge in [-0.15, -0.1) is 0 Å². The van der Waals surface area contributed by atoms with E-state index in [1.165, 1.54) is 6.08 Å². The fraction of sp³-hybridized carbons (Fsp3) is 0.0909. The average molecular weight is 376 g/mol. The number of ether oxygens (including phenoxy) is 1. The van der Waals surface area contributed by atoms with E-state index in [4.69, 9.17) is 17.0 Å². The van der Waals surface area contributed by atoms with Crippen molar-refractivity contribution >= 4 is 45.8 Å². The maximum absolute atomic E-state index is 12.2. The number of anilines is 1. The van der Waals surface area contributed by atoms with E-state index < -0.39 is 0 Å². The molecule has 136 valence electrons. The second-order valence-electron chi connectivity index (χ2n) is 5.77. The largest absolute Gasteiger partial charge is 0.492 e. The van der Waals surface area contributed by atoms with E-state index in [9.17, 15) is 4.79 Å². The number of carbonyl (C=O) groups is 1. The minimum absolute atomic E-state index is 0.217. The van der Waals surface area contributed by atoms with Crippen LogP contribution in [0.3, 0.4) is 0 Å². The molecule has 0 saturated heterocycles. The third-order valence-corrected chi connectivity index (χ3v) is 4.11. The van der Waals surface area contributed by atoms with Crippen LogP contribution < -0.4 is 15.4 Å². The van der Waals surface area contributed by atoms with Gasteiger partial charge in [-0.3, -0.25) is 10.1 Å². The number of fused-ring (bicyclic) bond motifs is 1. The highest BCUT2D eigenvalue weighted by Gasteiger charge is 2.06. The number of benzene rings is 3. The smallest absolute Gasteiger partial charge is 0.250 e. The van der Waals surface area contributed by atoms with Gasteiger partial charge in [0.25, 0.3) is 0 Å². The van der Waals surface area contributed by atoms with Gasteiger partial charge >= 0.3 is 0 Å². The Morgan fingerprint density at radius 1 is 1.04 bits per heavy atom. The van der Waals surface area contributed by atoms with Crippen LogP contribution in [0.4, 0.5) is 5.69 Å². The molecule has 2 N–H and O–H groups in total. The normalized spacial score (nSPS) is 10.7. The molecule has 1 amide bonds. The lowest BCUT2D eigenvalue weighted by atomic mass is 10.0. The number of hydrogen-bond donors (Lipinski definition) is 2. The topological polar surface area (TPSA) is 50.4 Å². The van der Waals surface area contributed by atoms with Crippen molar-refractivity contribution in [3.63, 3.8) is 0 Å². The summed E-state index contributed by atoms with van der Waals surface area (Å²) in [5.74, 6) is 0.386. The number of nitrogens with one attached hydrogen (secondary N) is 2. The summed E-state index contributed by atoms with van der Waals surface area (Å²) >= 11 is 5.23. The van der Waals surface area contributed by atoms with E-state index in [0.29, 0.717) is 18.0 Å². The van der Waals surface area contributed by atoms with Crippen molar-refractivity contribution in [1.82, 2.24) is 5.32 Å². The molecule has 0 aliphatic carbocycles. The maximum Gasteiger partial charge on any atom is 0.250 e. The summed E-state index contributed by atoms with van der Waals surface area (Å²) in [6.45, 7) is 2.46. The van der Waals surface area contributed by atoms with Crippen molar-refractivity contribution in [3.8, 4) is 5.75 Å². The van der Waals surface area contributed by atoms with Gasteiger partial charge in [0, 0.05) is 6.08 Å². The highest BCUT2D eigenvalue weighted by Crippen LogP contribution is 2.23. The van der Waals surface area contributed by atoms with Crippen LogP contribution in [0.2, 0.25) is 0 Å². The highest BCUT2D eigenvalue weighted by molar-refractivity contribution is 7.80. The predicted molar refractivity (Wildman–Crippen MR) is 115 cm³/mol. The van der Waals surface area contributed by atoms with E-state index in [2.05, 4.69) is 10.6 Å². The lowest BCUT2D eigenvalue weighted by Gasteiger charge is -2.12. The summed E-state index contributed by atoms with van der Waals surface area (Å²) in [7, 11) is 0. The van der Waals surface area contributed by atoms with Crippen LogP contribution in [0.25, 0.3) is 16.8 Å². The summed E-state index contributed by atoms with van der Waals surface area (Å²) in [6, 6.07) is 21.5. The number of carbonyl (C=O) groups excluding carboxylic acids is 1. The molecule has 5 heteroatoms. The van der Waals surface area contributed by atoms with Gasteiger partial charge < -0.3 is 10.1 Å². The van der Waals surface area contributed by atoms with Gasteiger partial charge in [0.05, 0.1) is 12.3 Å². The molecule has 0 atom stereocenters. The van der Waals surface area contributed by atoms with Crippen LogP contribution in [0.1, 0.15) is 12.5 Å². The average Bonchev–Trinajstić information content (AvgIpc) is 2.68. The zero-order valence-corrected chi connectivity index (χ0v) is 15.8. The van der Waals surface area contributed by atoms with E-state index >= 15 is 0 Å². The molecule has 0 fully saturated rings. The standard InChI is InChI=1S/C22H20N2O2S/c1-2-26-20-13-6-5-12-19(20)23-22(27)24-21(25)15-14-17-10-7-9-16-8-3-4-11-18(16)17/h3-15H,2H2,1H3,(H2,23,24,25,27)/b15-14+. The molecule has 4 nitrogen and oxygen atoms in total. The lowest BCUT2D eigenvalue weighted by molar-refractivity contribution is -0.115. The molecular formula is C22H20N2O2S. The van der Waals surface area contributed by atoms with Gasteiger partial charge in [0.15, 0.2) is 5.11 Å². The first-order valence-electron chi connectivity index (χ1n) is 8.67. The van der Waals surface area contributed by atoms with Crippen molar-refractivity contribution < 1.29 is 9.53 Å². The SMILES string of the molecule is CCOc1ccccc1NC(=S)NC(=O)/C=C/c1cccc2ccccc12. The molecule has 3 rings (SSSR count). The molecule has 0 bridgehead atoms. The molecule has 0 spiro atoms. The summed E-state index contributed by atoms with van der Waals surface area (Å²) in [5, 5.41) is 8.09. The summed E-state index contributed by atoms with van der Waals surface area (Å²) in [4.78, 5) is 12.2. The predicted octanol–water partition coefficient (Wildman–Crippen LogP) is 4.76. The second-order valence-corrected chi connectivity index (χ2v) is 6.18. The van der Waals surface area contributed by atoms with Gasteiger partial charge in [0.2, 0.25) is 5.91 Å². The number of para-hydroxylation sites is 2. The van der Waals surface area contributed by atoms with Crippen molar-refractivity contribution in [3.05, 3.63) is 78.4 Å². The molecule has 0 aliphatic rings. The van der Waals surface area contributed by atoms with Crippen LogP contribution in [0.5, 0.6) is 5.75 Å². The molecule has 0 heterocycles. The molecule has 0 radical (unpaired) electrons. The second kappa shape index (κ2) is 8.96. The molecule has 0 unspecified atom stereocenters. The fourth-order valence-electron chi connectivity index (χ4n) is 2.72. The third-order valence-electron chi connectivity index (χ3n) is 3.91. The molecule has 3 aromatic carbocycles. The van der Waals surface area contributed by atoms with Crippen LogP contribution in [-0.2, 0) is 4.79 Å². The summed E-state index contributed by atoms with van der Waals surface area (Å²) in [6.07, 6.45) is 3.26. The van der Waals surface area contributed by atoms with Crippen molar-refractivity contribution in [1.29, 1.82) is 0 Å². The Morgan fingerprint density at radius 3 is 2.63 bits per heavy atom. The zero-order chi connectivity index (χ0) is 19.1. The monoisotopic (exact) mass is 376 g/mol. The molecule has 3 aromatic rings. The highest BCUT2D eigenvalue weighted by atomic mass is 32.1. The lowest BCUT2D eigenvalue weighted by Crippen LogP contribution is -2.32. The van der Waals surface area contributed by atoms with Gasteiger partial charge in [-0.25, -0.2) is 0 Å². The van der Waals surface area contributed by atoms with Gasteiger partial charge in [0.1, 0.15) is 5.75 Å². The Morgan fingerprint density at radius 2 is 1.78 bits per heavy atom. The van der Waals surface area contributed by atoms with Crippen LogP contribution in [-0.4, -0.2) is 17.6 Å². The van der Waals surface area contributed by atoms with E-state index in [1.807, 2.05) is 73.7 Å². The van der Waals surface area contributed by atoms with E-state index in [-0.39, 0.29) is 11.0 Å². The quantitative estimate of drug-likeness (QED) is 0.498. The number of hydrogen-bond acceptors (Lipinski definition) is 3. The first-order chi connectivity index (χ1) is 13.2. The molecule has 0 aromatic heterocycles. The van der Waals surface area contributed by atoms with Crippen molar-refractivity contribution in [2.24, 2.45) is 0 Å². The Labute approximate surface area is 163 Å².